The number of thioether (sulfide) groups is 1. The highest BCUT2D eigenvalue weighted by atomic mass is 32.2. The Morgan fingerprint density at radius 1 is 1.25 bits per heavy atom. The second kappa shape index (κ2) is 7.82. The molecule has 2 aromatic rings. The molecule has 0 aromatic carbocycles. The van der Waals surface area contributed by atoms with Gasteiger partial charge in [-0.25, -0.2) is 0 Å². The van der Waals surface area contributed by atoms with Crippen molar-refractivity contribution in [2.75, 3.05) is 6.54 Å². The first-order chi connectivity index (χ1) is 13.7. The number of fused-ring (bicyclic) bond motifs is 2. The molecule has 5 unspecified atom stereocenters. The molecule has 1 amide bonds. The molecule has 2 aliphatic carbocycles. The van der Waals surface area contributed by atoms with Gasteiger partial charge in [0.2, 0.25) is 5.91 Å². The summed E-state index contributed by atoms with van der Waals surface area (Å²) >= 11 is 3.34. The van der Waals surface area contributed by atoms with Crippen LogP contribution >= 0.6 is 23.1 Å². The van der Waals surface area contributed by atoms with E-state index in [2.05, 4.69) is 44.5 Å². The van der Waals surface area contributed by atoms with Crippen LogP contribution in [-0.2, 0) is 4.79 Å². The van der Waals surface area contributed by atoms with E-state index in [1.807, 2.05) is 0 Å². The van der Waals surface area contributed by atoms with Gasteiger partial charge < -0.3 is 5.32 Å². The van der Waals surface area contributed by atoms with Crippen LogP contribution in [0.1, 0.15) is 57.9 Å². The molecule has 5 rings (SSSR count). The fourth-order valence-electron chi connectivity index (χ4n) is 5.53. The van der Waals surface area contributed by atoms with Crippen molar-refractivity contribution in [2.45, 2.75) is 68.3 Å². The summed E-state index contributed by atoms with van der Waals surface area (Å²) in [4.78, 5) is 13.7. The number of thiophene rings is 1. The fraction of sp³-hybridized carbons (Fsp3) is 0.667. The molecule has 0 radical (unpaired) electrons. The van der Waals surface area contributed by atoms with E-state index in [0.717, 1.165) is 48.6 Å². The number of carbonyl (C=O) groups is 1. The maximum absolute atomic E-state index is 12.5. The van der Waals surface area contributed by atoms with E-state index in [-0.39, 0.29) is 11.2 Å². The second-order valence-corrected chi connectivity index (χ2v) is 10.7. The Morgan fingerprint density at radius 3 is 2.93 bits per heavy atom. The van der Waals surface area contributed by atoms with Gasteiger partial charge in [0.25, 0.3) is 0 Å². The zero-order chi connectivity index (χ0) is 19.1. The van der Waals surface area contributed by atoms with Crippen molar-refractivity contribution in [3.63, 3.8) is 0 Å². The van der Waals surface area contributed by atoms with Crippen molar-refractivity contribution >= 4 is 29.0 Å². The summed E-state index contributed by atoms with van der Waals surface area (Å²) in [6.45, 7) is 3.15. The van der Waals surface area contributed by atoms with Crippen LogP contribution in [0.5, 0.6) is 0 Å². The molecule has 1 N–H and O–H groups in total. The number of nitrogens with zero attached hydrogens (tertiary/aromatic N) is 3. The molecule has 2 saturated carbocycles. The van der Waals surface area contributed by atoms with Crippen LogP contribution in [0.2, 0.25) is 0 Å². The maximum Gasteiger partial charge on any atom is 0.233 e. The molecule has 5 nitrogen and oxygen atoms in total. The first-order valence-electron chi connectivity index (χ1n) is 10.6. The van der Waals surface area contributed by atoms with Crippen LogP contribution in [0.15, 0.2) is 22.7 Å². The van der Waals surface area contributed by atoms with E-state index in [9.17, 15) is 4.79 Å². The lowest BCUT2D eigenvalue weighted by molar-refractivity contribution is -0.120. The monoisotopic (exact) mass is 416 g/mol. The lowest BCUT2D eigenvalue weighted by Crippen LogP contribution is -2.31. The Balaban J connectivity index is 1.48. The Labute approximate surface area is 174 Å². The minimum atomic E-state index is -0.0612. The van der Waals surface area contributed by atoms with Crippen LogP contribution in [0, 0.1) is 17.8 Å². The summed E-state index contributed by atoms with van der Waals surface area (Å²) in [7, 11) is 0. The Morgan fingerprint density at radius 2 is 2.18 bits per heavy atom. The largest absolute Gasteiger partial charge is 0.355 e. The molecule has 1 aliphatic heterocycles. The summed E-state index contributed by atoms with van der Waals surface area (Å²) < 4.78 is 2.36. The molecule has 150 valence electrons. The highest BCUT2D eigenvalue weighted by Crippen LogP contribution is 2.53. The van der Waals surface area contributed by atoms with Crippen molar-refractivity contribution in [1.29, 1.82) is 0 Å². The van der Waals surface area contributed by atoms with Gasteiger partial charge in [-0.05, 0) is 68.2 Å². The molecule has 3 aliphatic rings. The lowest BCUT2D eigenvalue weighted by Gasteiger charge is -2.30. The summed E-state index contributed by atoms with van der Waals surface area (Å²) in [5.41, 5.74) is 0. The number of aromatic nitrogens is 3. The van der Waals surface area contributed by atoms with Crippen LogP contribution in [0.4, 0.5) is 0 Å². The third-order valence-corrected chi connectivity index (χ3v) is 9.05. The smallest absolute Gasteiger partial charge is 0.233 e. The van der Waals surface area contributed by atoms with Crippen LogP contribution in [0.25, 0.3) is 10.7 Å². The molecule has 0 spiro atoms. The Kier molecular flexibility index (Phi) is 5.22. The average Bonchev–Trinajstić information content (AvgIpc) is 3.48. The van der Waals surface area contributed by atoms with Gasteiger partial charge in [0.05, 0.1) is 10.1 Å². The number of hydrogen-bond acceptors (Lipinski definition) is 5. The van der Waals surface area contributed by atoms with Gasteiger partial charge in [-0.1, -0.05) is 30.7 Å². The van der Waals surface area contributed by atoms with Gasteiger partial charge in [-0.2, -0.15) is 0 Å². The number of rotatable bonds is 5. The van der Waals surface area contributed by atoms with Gasteiger partial charge in [0.1, 0.15) is 0 Å². The van der Waals surface area contributed by atoms with E-state index in [4.69, 9.17) is 0 Å². The van der Waals surface area contributed by atoms with Gasteiger partial charge in [0.15, 0.2) is 11.0 Å². The van der Waals surface area contributed by atoms with E-state index in [1.54, 1.807) is 23.1 Å². The Hall–Kier alpha value is -1.34. The summed E-state index contributed by atoms with van der Waals surface area (Å²) in [6.07, 6.45) is 8.60. The average molecular weight is 417 g/mol. The van der Waals surface area contributed by atoms with Gasteiger partial charge in [-0.3, -0.25) is 9.36 Å². The predicted molar refractivity (Wildman–Crippen MR) is 113 cm³/mol. The highest BCUT2D eigenvalue weighted by Gasteiger charge is 2.43. The van der Waals surface area contributed by atoms with Crippen molar-refractivity contribution in [2.24, 2.45) is 17.8 Å². The SMILES string of the molecule is CC(C1CC2CCC1C2)n1c(SC2CCCCNC2=O)nnc1-c1cccs1. The number of hydrogen-bond donors (Lipinski definition) is 1. The summed E-state index contributed by atoms with van der Waals surface area (Å²) in [5.74, 6) is 3.60. The van der Waals surface area contributed by atoms with Crippen molar-refractivity contribution < 1.29 is 4.79 Å². The van der Waals surface area contributed by atoms with E-state index in [1.165, 1.54) is 30.6 Å². The molecule has 5 atom stereocenters. The van der Waals surface area contributed by atoms with E-state index >= 15 is 0 Å². The van der Waals surface area contributed by atoms with Crippen LogP contribution in [-0.4, -0.2) is 32.5 Å². The van der Waals surface area contributed by atoms with Crippen LogP contribution in [0.3, 0.4) is 0 Å². The van der Waals surface area contributed by atoms with Crippen molar-refractivity contribution in [1.82, 2.24) is 20.1 Å². The molecule has 7 heteroatoms. The highest BCUT2D eigenvalue weighted by molar-refractivity contribution is 8.00. The third kappa shape index (κ3) is 3.41. The number of amides is 1. The first kappa shape index (κ1) is 18.7. The Bertz CT molecular complexity index is 834. The maximum atomic E-state index is 12.5. The lowest BCUT2D eigenvalue weighted by atomic mass is 9.84. The van der Waals surface area contributed by atoms with E-state index < -0.39 is 0 Å². The number of carbonyl (C=O) groups excluding carboxylic acids is 1. The predicted octanol–water partition coefficient (Wildman–Crippen LogP) is 4.76. The number of nitrogens with one attached hydrogen (secondary N) is 1. The van der Waals surface area contributed by atoms with Crippen LogP contribution < -0.4 is 5.32 Å². The molecular formula is C21H28N4OS2. The van der Waals surface area contributed by atoms with Crippen molar-refractivity contribution in [3.8, 4) is 10.7 Å². The first-order valence-corrected chi connectivity index (χ1v) is 12.4. The molecular weight excluding hydrogens is 388 g/mol. The molecule has 28 heavy (non-hydrogen) atoms. The van der Waals surface area contributed by atoms with Gasteiger partial charge >= 0.3 is 0 Å². The van der Waals surface area contributed by atoms with Gasteiger partial charge in [0, 0.05) is 12.6 Å². The third-order valence-electron chi connectivity index (χ3n) is 6.96. The summed E-state index contributed by atoms with van der Waals surface area (Å²) in [6, 6.07) is 4.58. The topological polar surface area (TPSA) is 59.8 Å². The normalized spacial score (nSPS) is 31.0. The van der Waals surface area contributed by atoms with E-state index in [0.29, 0.717) is 12.0 Å². The zero-order valence-electron chi connectivity index (χ0n) is 16.3. The second-order valence-electron chi connectivity index (χ2n) is 8.63. The molecule has 1 saturated heterocycles. The zero-order valence-corrected chi connectivity index (χ0v) is 18.0. The minimum Gasteiger partial charge on any atom is -0.355 e. The molecule has 3 fully saturated rings. The molecule has 3 heterocycles. The molecule has 2 bridgehead atoms. The quantitative estimate of drug-likeness (QED) is 0.763. The van der Waals surface area contributed by atoms with Crippen molar-refractivity contribution in [3.05, 3.63) is 17.5 Å². The van der Waals surface area contributed by atoms with Gasteiger partial charge in [-0.15, -0.1) is 21.5 Å². The molecule has 2 aromatic heterocycles. The fourth-order valence-corrected chi connectivity index (χ4v) is 7.41. The summed E-state index contributed by atoms with van der Waals surface area (Å²) in [5, 5.41) is 15.2. The minimum absolute atomic E-state index is 0.0612. The standard InChI is InChI=1S/C21H28N4OS2/c1-13(16-12-14-7-8-15(16)11-14)25-19(17-6-4-10-27-17)23-24-21(25)28-18-5-2-3-9-22-20(18)26/h4,6,10,13-16,18H,2-3,5,7-9,11-12H2,1H3,(H,22,26).